The molecule has 2 nitrogen and oxygen atoms in total. The summed E-state index contributed by atoms with van der Waals surface area (Å²) in [6, 6.07) is 0. The van der Waals surface area contributed by atoms with Crippen molar-refractivity contribution in [3.8, 4) is 0 Å². The molecule has 0 aliphatic rings. The van der Waals surface area contributed by atoms with Gasteiger partial charge in [-0.15, -0.1) is 0 Å². The fourth-order valence-corrected chi connectivity index (χ4v) is 0.276. The topological polar surface area (TPSA) is 26.3 Å². The van der Waals surface area contributed by atoms with Gasteiger partial charge in [-0.1, -0.05) is 6.58 Å². The first-order chi connectivity index (χ1) is 4.16. The summed E-state index contributed by atoms with van der Waals surface area (Å²) in [6.45, 7) is 9.04. The number of hydrogen-bond acceptors (Lipinski definition) is 2. The van der Waals surface area contributed by atoms with Crippen molar-refractivity contribution < 1.29 is 9.53 Å². The Morgan fingerprint density at radius 2 is 2.22 bits per heavy atom. The van der Waals surface area contributed by atoms with Crippen molar-refractivity contribution in [2.45, 2.75) is 13.3 Å². The second kappa shape index (κ2) is 4.13. The third-order valence-electron chi connectivity index (χ3n) is 0.684. The molecule has 0 heterocycles. The molecule has 0 aromatic carbocycles. The SMILES string of the molecule is [CH2]CC(=O)OCC(=C)C. The summed E-state index contributed by atoms with van der Waals surface area (Å²) < 4.78 is 4.65. The van der Waals surface area contributed by atoms with Gasteiger partial charge in [0.1, 0.15) is 6.61 Å². The average molecular weight is 127 g/mol. The van der Waals surface area contributed by atoms with Gasteiger partial charge in [-0.25, -0.2) is 0 Å². The molecule has 0 aliphatic heterocycles. The first-order valence-corrected chi connectivity index (χ1v) is 2.76. The molecule has 0 saturated carbocycles. The molecular weight excluding hydrogens is 116 g/mol. The number of hydrogen-bond donors (Lipinski definition) is 0. The van der Waals surface area contributed by atoms with Crippen LogP contribution in [-0.2, 0) is 9.53 Å². The standard InChI is InChI=1S/C7H11O2/c1-4-7(8)9-5-6(2)3/h1-2,4-5H2,3H3. The molecule has 0 bridgehead atoms. The van der Waals surface area contributed by atoms with E-state index in [4.69, 9.17) is 0 Å². The highest BCUT2D eigenvalue weighted by atomic mass is 16.5. The Labute approximate surface area is 55.5 Å². The van der Waals surface area contributed by atoms with Crippen molar-refractivity contribution in [2.75, 3.05) is 6.61 Å². The summed E-state index contributed by atoms with van der Waals surface area (Å²) in [4.78, 5) is 10.4. The summed E-state index contributed by atoms with van der Waals surface area (Å²) in [6.07, 6.45) is 0.188. The lowest BCUT2D eigenvalue weighted by Gasteiger charge is -1.99. The lowest BCUT2D eigenvalue weighted by atomic mass is 10.4. The smallest absolute Gasteiger partial charge is 0.306 e. The van der Waals surface area contributed by atoms with Gasteiger partial charge in [0.05, 0.1) is 0 Å². The van der Waals surface area contributed by atoms with E-state index in [1.54, 1.807) is 6.92 Å². The van der Waals surface area contributed by atoms with Gasteiger partial charge in [0, 0.05) is 6.42 Å². The number of esters is 1. The highest BCUT2D eigenvalue weighted by molar-refractivity contribution is 5.69. The molecule has 51 valence electrons. The molecule has 0 aromatic rings. The Morgan fingerprint density at radius 3 is 2.56 bits per heavy atom. The molecule has 0 spiro atoms. The van der Waals surface area contributed by atoms with E-state index in [9.17, 15) is 4.79 Å². The third kappa shape index (κ3) is 5.07. The van der Waals surface area contributed by atoms with E-state index in [-0.39, 0.29) is 12.4 Å². The van der Waals surface area contributed by atoms with Gasteiger partial charge >= 0.3 is 5.97 Å². The highest BCUT2D eigenvalue weighted by Crippen LogP contribution is 1.90. The number of carbonyl (C=O) groups is 1. The van der Waals surface area contributed by atoms with Crippen molar-refractivity contribution in [3.05, 3.63) is 19.1 Å². The van der Waals surface area contributed by atoms with Crippen LogP contribution >= 0.6 is 0 Å². The van der Waals surface area contributed by atoms with Crippen molar-refractivity contribution in [1.29, 1.82) is 0 Å². The third-order valence-corrected chi connectivity index (χ3v) is 0.684. The Balaban J connectivity index is 3.28. The zero-order valence-electron chi connectivity index (χ0n) is 5.64. The van der Waals surface area contributed by atoms with Gasteiger partial charge in [0.15, 0.2) is 0 Å². The summed E-state index contributed by atoms with van der Waals surface area (Å²) in [5.41, 5.74) is 0.844. The maximum absolute atomic E-state index is 10.4. The zero-order valence-corrected chi connectivity index (χ0v) is 5.64. The maximum Gasteiger partial charge on any atom is 0.306 e. The van der Waals surface area contributed by atoms with Gasteiger partial charge in [0.25, 0.3) is 0 Å². The molecule has 9 heavy (non-hydrogen) atoms. The van der Waals surface area contributed by atoms with E-state index in [0.29, 0.717) is 6.61 Å². The molecule has 0 N–H and O–H groups in total. The van der Waals surface area contributed by atoms with Crippen LogP contribution in [0.25, 0.3) is 0 Å². The molecule has 0 fully saturated rings. The fraction of sp³-hybridized carbons (Fsp3) is 0.429. The van der Waals surface area contributed by atoms with Gasteiger partial charge in [-0.2, -0.15) is 0 Å². The highest BCUT2D eigenvalue weighted by Gasteiger charge is 1.95. The Bertz CT molecular complexity index is 116. The quantitative estimate of drug-likeness (QED) is 0.422. The average Bonchev–Trinajstić information content (AvgIpc) is 1.83. The largest absolute Gasteiger partial charge is 0.461 e. The lowest BCUT2D eigenvalue weighted by Crippen LogP contribution is -2.03. The van der Waals surface area contributed by atoms with Gasteiger partial charge < -0.3 is 4.74 Å². The first-order valence-electron chi connectivity index (χ1n) is 2.76. The normalized spacial score (nSPS) is 8.67. The molecule has 0 aromatic heterocycles. The van der Waals surface area contributed by atoms with E-state index in [1.807, 2.05) is 0 Å². The molecule has 0 saturated heterocycles. The van der Waals surface area contributed by atoms with Crippen LogP contribution in [0.2, 0.25) is 0 Å². The molecule has 2 heteroatoms. The minimum atomic E-state index is -0.280. The number of rotatable bonds is 3. The molecule has 0 aliphatic carbocycles. The summed E-state index contributed by atoms with van der Waals surface area (Å²) in [5.74, 6) is -0.280. The number of ether oxygens (including phenoxy) is 1. The number of carbonyl (C=O) groups excluding carboxylic acids is 1. The van der Waals surface area contributed by atoms with Crippen molar-refractivity contribution >= 4 is 5.97 Å². The molecule has 0 atom stereocenters. The van der Waals surface area contributed by atoms with Gasteiger partial charge in [-0.3, -0.25) is 4.79 Å². The lowest BCUT2D eigenvalue weighted by molar-refractivity contribution is -0.141. The van der Waals surface area contributed by atoms with Crippen molar-refractivity contribution in [1.82, 2.24) is 0 Å². The minimum absolute atomic E-state index is 0.188. The van der Waals surface area contributed by atoms with Crippen molar-refractivity contribution in [2.24, 2.45) is 0 Å². The van der Waals surface area contributed by atoms with E-state index >= 15 is 0 Å². The van der Waals surface area contributed by atoms with Crippen LogP contribution in [0.15, 0.2) is 12.2 Å². The Kier molecular flexibility index (Phi) is 3.76. The van der Waals surface area contributed by atoms with Crippen molar-refractivity contribution in [3.63, 3.8) is 0 Å². The maximum atomic E-state index is 10.4. The fourth-order valence-electron chi connectivity index (χ4n) is 0.276. The zero-order chi connectivity index (χ0) is 7.28. The van der Waals surface area contributed by atoms with Crippen LogP contribution in [0.4, 0.5) is 0 Å². The summed E-state index contributed by atoms with van der Waals surface area (Å²) in [5, 5.41) is 0. The second-order valence-electron chi connectivity index (χ2n) is 1.87. The van der Waals surface area contributed by atoms with Crippen LogP contribution in [0.3, 0.4) is 0 Å². The van der Waals surface area contributed by atoms with E-state index < -0.39 is 0 Å². The predicted molar refractivity (Wildman–Crippen MR) is 35.7 cm³/mol. The van der Waals surface area contributed by atoms with Crippen LogP contribution in [-0.4, -0.2) is 12.6 Å². The molecular formula is C7H11O2. The molecule has 0 amide bonds. The Morgan fingerprint density at radius 1 is 1.67 bits per heavy atom. The Hall–Kier alpha value is -0.790. The minimum Gasteiger partial charge on any atom is -0.461 e. The van der Waals surface area contributed by atoms with Crippen LogP contribution in [0.1, 0.15) is 13.3 Å². The van der Waals surface area contributed by atoms with Crippen LogP contribution < -0.4 is 0 Å². The monoisotopic (exact) mass is 127 g/mol. The summed E-state index contributed by atoms with van der Waals surface area (Å²) >= 11 is 0. The van der Waals surface area contributed by atoms with Gasteiger partial charge in [0.2, 0.25) is 0 Å². The van der Waals surface area contributed by atoms with Crippen LogP contribution in [0, 0.1) is 6.92 Å². The van der Waals surface area contributed by atoms with E-state index in [0.717, 1.165) is 5.57 Å². The van der Waals surface area contributed by atoms with E-state index in [1.165, 1.54) is 0 Å². The van der Waals surface area contributed by atoms with Gasteiger partial charge in [-0.05, 0) is 19.4 Å². The second-order valence-corrected chi connectivity index (χ2v) is 1.87. The predicted octanol–water partition coefficient (Wildman–Crippen LogP) is 1.33. The summed E-state index contributed by atoms with van der Waals surface area (Å²) in [7, 11) is 0. The molecule has 0 unspecified atom stereocenters. The van der Waals surface area contributed by atoms with E-state index in [2.05, 4.69) is 18.2 Å². The molecule has 0 rings (SSSR count). The molecule has 1 radical (unpaired) electrons. The van der Waals surface area contributed by atoms with Crippen LogP contribution in [0.5, 0.6) is 0 Å². The first kappa shape index (κ1) is 8.21.